The highest BCUT2D eigenvalue weighted by molar-refractivity contribution is 5.85. The smallest absolute Gasteiger partial charge is 0.230 e. The summed E-state index contributed by atoms with van der Waals surface area (Å²) in [4.78, 5) is 8.23. The van der Waals surface area contributed by atoms with E-state index in [1.165, 1.54) is 0 Å². The minimum absolute atomic E-state index is 0.279. The molecular weight excluding hydrogens is 230 g/mol. The zero-order valence-corrected chi connectivity index (χ0v) is 9.74. The summed E-state index contributed by atoms with van der Waals surface area (Å²) in [7, 11) is 1.89. The molecule has 90 valence electrons. The van der Waals surface area contributed by atoms with E-state index in [4.69, 9.17) is 10.3 Å². The molecule has 0 unspecified atom stereocenters. The molecule has 6 heteroatoms. The van der Waals surface area contributed by atoms with Gasteiger partial charge in [0.1, 0.15) is 11.4 Å². The predicted molar refractivity (Wildman–Crippen MR) is 66.3 cm³/mol. The molecule has 3 aromatic rings. The Labute approximate surface area is 103 Å². The van der Waals surface area contributed by atoms with Gasteiger partial charge in [0.2, 0.25) is 5.88 Å². The monoisotopic (exact) mass is 241 g/mol. The number of anilines is 1. The van der Waals surface area contributed by atoms with Crippen molar-refractivity contribution in [2.45, 2.75) is 0 Å². The molecule has 3 rings (SSSR count). The molecule has 0 fully saturated rings. The molecule has 0 atom stereocenters. The van der Waals surface area contributed by atoms with Gasteiger partial charge in [-0.3, -0.25) is 4.98 Å². The fourth-order valence-corrected chi connectivity index (χ4v) is 1.81. The molecule has 0 aromatic carbocycles. The predicted octanol–water partition coefficient (Wildman–Crippen LogP) is 1.72. The lowest BCUT2D eigenvalue weighted by Crippen LogP contribution is -1.88. The van der Waals surface area contributed by atoms with Gasteiger partial charge < -0.3 is 14.8 Å². The molecule has 0 aliphatic heterocycles. The highest BCUT2D eigenvalue weighted by atomic mass is 16.5. The molecule has 0 aliphatic rings. The van der Waals surface area contributed by atoms with Gasteiger partial charge >= 0.3 is 0 Å². The standard InChI is InChI=1S/C12H11N5O/c1-17-6-9(15-7-17)11-10(12(13)18-16-11)8-2-4-14-5-3-8/h2-7H,13H2,1H3. The first kappa shape index (κ1) is 10.5. The van der Waals surface area contributed by atoms with E-state index in [1.807, 2.05) is 29.9 Å². The molecule has 3 aromatic heterocycles. The average Bonchev–Trinajstić information content (AvgIpc) is 2.96. The molecule has 0 saturated heterocycles. The van der Waals surface area contributed by atoms with E-state index in [9.17, 15) is 0 Å². The molecule has 2 N–H and O–H groups in total. The van der Waals surface area contributed by atoms with Gasteiger partial charge in [-0.2, -0.15) is 0 Å². The number of nitrogens with zero attached hydrogens (tertiary/aromatic N) is 4. The number of nitrogen functional groups attached to an aromatic ring is 1. The number of aromatic nitrogens is 4. The van der Waals surface area contributed by atoms with Crippen molar-refractivity contribution in [1.29, 1.82) is 0 Å². The molecule has 0 bridgehead atoms. The number of imidazole rings is 1. The lowest BCUT2D eigenvalue weighted by Gasteiger charge is -1.99. The lowest BCUT2D eigenvalue weighted by molar-refractivity contribution is 0.439. The first-order valence-electron chi connectivity index (χ1n) is 5.39. The summed E-state index contributed by atoms with van der Waals surface area (Å²) in [5.41, 5.74) is 8.85. The van der Waals surface area contributed by atoms with Crippen molar-refractivity contribution < 1.29 is 4.52 Å². The molecule has 0 amide bonds. The van der Waals surface area contributed by atoms with Gasteiger partial charge in [0, 0.05) is 25.6 Å². The Kier molecular flexibility index (Phi) is 2.33. The van der Waals surface area contributed by atoms with Crippen LogP contribution >= 0.6 is 0 Å². The third-order valence-electron chi connectivity index (χ3n) is 2.63. The van der Waals surface area contributed by atoms with E-state index >= 15 is 0 Å². The zero-order chi connectivity index (χ0) is 12.5. The third kappa shape index (κ3) is 1.64. The summed E-state index contributed by atoms with van der Waals surface area (Å²) < 4.78 is 6.92. The first-order valence-corrected chi connectivity index (χ1v) is 5.39. The van der Waals surface area contributed by atoms with Gasteiger partial charge in [-0.05, 0) is 17.7 Å². The van der Waals surface area contributed by atoms with Crippen molar-refractivity contribution in [3.05, 3.63) is 37.1 Å². The molecule has 18 heavy (non-hydrogen) atoms. The van der Waals surface area contributed by atoms with Crippen LogP contribution in [0.4, 0.5) is 5.88 Å². The normalized spacial score (nSPS) is 10.7. The summed E-state index contributed by atoms with van der Waals surface area (Å²) >= 11 is 0. The Hall–Kier alpha value is -2.63. The number of aryl methyl sites for hydroxylation is 1. The second-order valence-corrected chi connectivity index (χ2v) is 3.93. The maximum absolute atomic E-state index is 5.83. The van der Waals surface area contributed by atoms with Crippen molar-refractivity contribution in [2.75, 3.05) is 5.73 Å². The van der Waals surface area contributed by atoms with Crippen LogP contribution in [-0.2, 0) is 7.05 Å². The van der Waals surface area contributed by atoms with Crippen molar-refractivity contribution in [3.63, 3.8) is 0 Å². The SMILES string of the molecule is Cn1cnc(-c2noc(N)c2-c2ccncc2)c1. The summed E-state index contributed by atoms with van der Waals surface area (Å²) in [6, 6.07) is 3.71. The fourth-order valence-electron chi connectivity index (χ4n) is 1.81. The van der Waals surface area contributed by atoms with Gasteiger partial charge in [-0.25, -0.2) is 4.98 Å². The summed E-state index contributed by atoms with van der Waals surface area (Å²) in [5, 5.41) is 3.98. The van der Waals surface area contributed by atoms with Crippen LogP contribution in [-0.4, -0.2) is 19.7 Å². The highest BCUT2D eigenvalue weighted by Crippen LogP contribution is 2.34. The van der Waals surface area contributed by atoms with Crippen LogP contribution in [0.3, 0.4) is 0 Å². The molecule has 0 aliphatic carbocycles. The minimum Gasteiger partial charge on any atom is -0.367 e. The Morgan fingerprint density at radius 2 is 2.06 bits per heavy atom. The Morgan fingerprint density at radius 1 is 1.28 bits per heavy atom. The van der Waals surface area contributed by atoms with E-state index in [0.717, 1.165) is 16.8 Å². The summed E-state index contributed by atoms with van der Waals surface area (Å²) in [6.07, 6.45) is 6.96. The average molecular weight is 241 g/mol. The van der Waals surface area contributed by atoms with E-state index in [0.29, 0.717) is 5.69 Å². The van der Waals surface area contributed by atoms with Crippen LogP contribution in [0.1, 0.15) is 0 Å². The quantitative estimate of drug-likeness (QED) is 0.738. The Balaban J connectivity index is 2.18. The van der Waals surface area contributed by atoms with Crippen molar-refractivity contribution >= 4 is 5.88 Å². The second-order valence-electron chi connectivity index (χ2n) is 3.93. The Morgan fingerprint density at radius 3 is 2.72 bits per heavy atom. The summed E-state index contributed by atoms with van der Waals surface area (Å²) in [5.74, 6) is 0.279. The molecule has 0 saturated carbocycles. The highest BCUT2D eigenvalue weighted by Gasteiger charge is 2.18. The minimum atomic E-state index is 0.279. The van der Waals surface area contributed by atoms with Gasteiger partial charge in [-0.15, -0.1) is 0 Å². The van der Waals surface area contributed by atoms with Crippen molar-refractivity contribution in [1.82, 2.24) is 19.7 Å². The summed E-state index contributed by atoms with van der Waals surface area (Å²) in [6.45, 7) is 0. The number of hydrogen-bond donors (Lipinski definition) is 1. The lowest BCUT2D eigenvalue weighted by atomic mass is 10.1. The van der Waals surface area contributed by atoms with Crippen molar-refractivity contribution in [3.8, 4) is 22.5 Å². The molecular formula is C12H11N5O. The first-order chi connectivity index (χ1) is 8.75. The number of nitrogens with two attached hydrogens (primary N) is 1. The maximum atomic E-state index is 5.83. The zero-order valence-electron chi connectivity index (χ0n) is 9.74. The Bertz CT molecular complexity index is 671. The van der Waals surface area contributed by atoms with Crippen LogP contribution in [0.5, 0.6) is 0 Å². The number of rotatable bonds is 2. The van der Waals surface area contributed by atoms with Crippen LogP contribution < -0.4 is 5.73 Å². The molecule has 3 heterocycles. The van der Waals surface area contributed by atoms with E-state index < -0.39 is 0 Å². The topological polar surface area (TPSA) is 82.8 Å². The van der Waals surface area contributed by atoms with E-state index in [2.05, 4.69) is 15.1 Å². The van der Waals surface area contributed by atoms with Crippen LogP contribution in [0, 0.1) is 0 Å². The van der Waals surface area contributed by atoms with E-state index in [1.54, 1.807) is 18.7 Å². The van der Waals surface area contributed by atoms with Crippen molar-refractivity contribution in [2.24, 2.45) is 7.05 Å². The molecule has 6 nitrogen and oxygen atoms in total. The van der Waals surface area contributed by atoms with E-state index in [-0.39, 0.29) is 5.88 Å². The molecule has 0 spiro atoms. The van der Waals surface area contributed by atoms with Crippen LogP contribution in [0.15, 0.2) is 41.6 Å². The largest absolute Gasteiger partial charge is 0.367 e. The second kappa shape index (κ2) is 3.99. The van der Waals surface area contributed by atoms with Gasteiger partial charge in [0.05, 0.1) is 11.9 Å². The van der Waals surface area contributed by atoms with Crippen LogP contribution in [0.2, 0.25) is 0 Å². The van der Waals surface area contributed by atoms with Crippen LogP contribution in [0.25, 0.3) is 22.5 Å². The number of pyridine rings is 1. The fraction of sp³-hybridized carbons (Fsp3) is 0.0833. The van der Waals surface area contributed by atoms with Gasteiger partial charge in [0.15, 0.2) is 0 Å². The molecule has 0 radical (unpaired) electrons. The third-order valence-corrected chi connectivity index (χ3v) is 2.63. The number of hydrogen-bond acceptors (Lipinski definition) is 5. The van der Waals surface area contributed by atoms with Gasteiger partial charge in [0.25, 0.3) is 0 Å². The van der Waals surface area contributed by atoms with Gasteiger partial charge in [-0.1, -0.05) is 5.16 Å². The maximum Gasteiger partial charge on any atom is 0.230 e.